The molecule has 2 aromatic rings. The smallest absolute Gasteiger partial charge is 0.247 e. The van der Waals surface area contributed by atoms with Crippen molar-refractivity contribution in [2.75, 3.05) is 10.2 Å². The topological polar surface area (TPSA) is 157 Å². The number of para-hydroxylation sites is 1. The third-order valence-corrected chi connectivity index (χ3v) is 6.40. The summed E-state index contributed by atoms with van der Waals surface area (Å²) in [6, 6.07) is 17.4. The van der Waals surface area contributed by atoms with E-state index in [4.69, 9.17) is 5.14 Å². The van der Waals surface area contributed by atoms with Gasteiger partial charge >= 0.3 is 0 Å². The van der Waals surface area contributed by atoms with Gasteiger partial charge in [0, 0.05) is 12.1 Å². The van der Waals surface area contributed by atoms with Crippen LogP contribution in [0.25, 0.3) is 0 Å². The number of nitrogens with zero attached hydrogens (tertiary/aromatic N) is 3. The standard InChI is InChI=1S/C20H15N5O4S2/c21-11-13(12-22)19(24-14-4-2-1-3-5-14)30-17-10-18(26)25(20(17)27)15-6-8-16(9-7-15)31(23,28)29/h1-9,17,24H,10H2,(H2,23,28,29). The minimum atomic E-state index is -3.91. The predicted molar refractivity (Wildman–Crippen MR) is 115 cm³/mol. The number of thioether (sulfide) groups is 1. The summed E-state index contributed by atoms with van der Waals surface area (Å²) in [6.07, 6.45) is -0.148. The van der Waals surface area contributed by atoms with Gasteiger partial charge in [-0.2, -0.15) is 10.5 Å². The number of rotatable bonds is 6. The summed E-state index contributed by atoms with van der Waals surface area (Å²) in [4.78, 5) is 26.2. The van der Waals surface area contributed by atoms with Crippen LogP contribution in [0.3, 0.4) is 0 Å². The molecule has 3 N–H and O–H groups in total. The molecule has 9 nitrogen and oxygen atoms in total. The molecule has 0 aliphatic carbocycles. The van der Waals surface area contributed by atoms with Crippen LogP contribution in [-0.2, 0) is 19.6 Å². The van der Waals surface area contributed by atoms with Crippen molar-refractivity contribution < 1.29 is 18.0 Å². The molecular weight excluding hydrogens is 438 g/mol. The Morgan fingerprint density at radius 1 is 1.06 bits per heavy atom. The highest BCUT2D eigenvalue weighted by molar-refractivity contribution is 8.04. The first kappa shape index (κ1) is 22.1. The minimum Gasteiger partial charge on any atom is -0.349 e. The molecule has 1 atom stereocenters. The van der Waals surface area contributed by atoms with Crippen molar-refractivity contribution in [3.8, 4) is 12.1 Å². The highest BCUT2D eigenvalue weighted by atomic mass is 32.2. The first-order valence-electron chi connectivity index (χ1n) is 8.77. The monoisotopic (exact) mass is 453 g/mol. The zero-order valence-electron chi connectivity index (χ0n) is 15.8. The fraction of sp³-hybridized carbons (Fsp3) is 0.100. The first-order valence-corrected chi connectivity index (χ1v) is 11.2. The van der Waals surface area contributed by atoms with Crippen LogP contribution in [0.4, 0.5) is 11.4 Å². The number of nitriles is 2. The highest BCUT2D eigenvalue weighted by Gasteiger charge is 2.41. The number of hydrogen-bond acceptors (Lipinski definition) is 8. The minimum absolute atomic E-state index is 0.147. The average molecular weight is 454 g/mol. The number of hydrogen-bond donors (Lipinski definition) is 2. The molecule has 31 heavy (non-hydrogen) atoms. The molecule has 11 heteroatoms. The molecule has 0 bridgehead atoms. The number of sulfonamides is 1. The first-order chi connectivity index (χ1) is 14.7. The van der Waals surface area contributed by atoms with Crippen molar-refractivity contribution in [3.63, 3.8) is 0 Å². The van der Waals surface area contributed by atoms with Gasteiger partial charge in [0.05, 0.1) is 15.8 Å². The molecule has 0 spiro atoms. The lowest BCUT2D eigenvalue weighted by atomic mass is 10.3. The summed E-state index contributed by atoms with van der Waals surface area (Å²) >= 11 is 0.918. The molecule has 1 heterocycles. The lowest BCUT2D eigenvalue weighted by molar-refractivity contribution is -0.121. The quantitative estimate of drug-likeness (QED) is 0.497. The molecule has 156 valence electrons. The van der Waals surface area contributed by atoms with Gasteiger partial charge in [0.15, 0.2) is 5.57 Å². The molecular formula is C20H15N5O4S2. The summed E-state index contributed by atoms with van der Waals surface area (Å²) in [5.41, 5.74) is 0.595. The molecule has 2 amide bonds. The van der Waals surface area contributed by atoms with Crippen LogP contribution in [-0.4, -0.2) is 25.5 Å². The fourth-order valence-electron chi connectivity index (χ4n) is 2.82. The Morgan fingerprint density at radius 2 is 1.68 bits per heavy atom. The zero-order chi connectivity index (χ0) is 22.6. The van der Waals surface area contributed by atoms with Crippen molar-refractivity contribution in [3.05, 3.63) is 65.2 Å². The van der Waals surface area contributed by atoms with E-state index >= 15 is 0 Å². The van der Waals surface area contributed by atoms with Crippen LogP contribution in [0, 0.1) is 22.7 Å². The molecule has 1 saturated heterocycles. The van der Waals surface area contributed by atoms with E-state index in [1.807, 2.05) is 0 Å². The van der Waals surface area contributed by atoms with Crippen molar-refractivity contribution in [1.82, 2.24) is 0 Å². The number of primary sulfonamides is 1. The zero-order valence-corrected chi connectivity index (χ0v) is 17.5. The number of nitrogens with one attached hydrogen (secondary N) is 1. The summed E-state index contributed by atoms with van der Waals surface area (Å²) in [5, 5.41) is 25.9. The maximum atomic E-state index is 12.9. The number of carbonyl (C=O) groups is 2. The van der Waals surface area contributed by atoms with Crippen LogP contribution in [0.5, 0.6) is 0 Å². The van der Waals surface area contributed by atoms with E-state index in [-0.39, 0.29) is 27.6 Å². The van der Waals surface area contributed by atoms with Gasteiger partial charge in [0.2, 0.25) is 21.8 Å². The molecule has 1 fully saturated rings. The van der Waals surface area contributed by atoms with Crippen LogP contribution in [0.1, 0.15) is 6.42 Å². The van der Waals surface area contributed by atoms with Gasteiger partial charge in [-0.3, -0.25) is 9.59 Å². The van der Waals surface area contributed by atoms with Gasteiger partial charge in [-0.25, -0.2) is 18.5 Å². The molecule has 3 rings (SSSR count). The lowest BCUT2D eigenvalue weighted by Crippen LogP contribution is -2.31. The maximum absolute atomic E-state index is 12.9. The SMILES string of the molecule is N#CC(C#N)=C(Nc1ccccc1)SC1CC(=O)N(c2ccc(S(N)(=O)=O)cc2)C1=O. The van der Waals surface area contributed by atoms with Crippen molar-refractivity contribution in [2.24, 2.45) is 5.14 Å². The molecule has 1 aliphatic rings. The largest absolute Gasteiger partial charge is 0.349 e. The Morgan fingerprint density at radius 3 is 2.23 bits per heavy atom. The van der Waals surface area contributed by atoms with E-state index in [1.54, 1.807) is 42.5 Å². The molecule has 2 aromatic carbocycles. The Labute approximate surface area is 182 Å². The van der Waals surface area contributed by atoms with Crippen LogP contribution < -0.4 is 15.4 Å². The molecule has 0 aromatic heterocycles. The Balaban J connectivity index is 1.86. The lowest BCUT2D eigenvalue weighted by Gasteiger charge is -2.16. The van der Waals surface area contributed by atoms with E-state index in [0.29, 0.717) is 5.69 Å². The van der Waals surface area contributed by atoms with Crippen LogP contribution >= 0.6 is 11.8 Å². The third kappa shape index (κ3) is 4.92. The Hall–Kier alpha value is -3.64. The number of allylic oxidation sites excluding steroid dienone is 1. The number of carbonyl (C=O) groups excluding carboxylic acids is 2. The highest BCUT2D eigenvalue weighted by Crippen LogP contribution is 2.35. The number of anilines is 2. The second-order valence-electron chi connectivity index (χ2n) is 6.34. The van der Waals surface area contributed by atoms with Crippen LogP contribution in [0.15, 0.2) is 70.1 Å². The average Bonchev–Trinajstić information content (AvgIpc) is 3.02. The molecule has 1 unspecified atom stereocenters. The predicted octanol–water partition coefficient (Wildman–Crippen LogP) is 2.07. The maximum Gasteiger partial charge on any atom is 0.247 e. The van der Waals surface area contributed by atoms with E-state index in [1.165, 1.54) is 24.3 Å². The second kappa shape index (κ2) is 9.02. The van der Waals surface area contributed by atoms with E-state index in [9.17, 15) is 28.5 Å². The van der Waals surface area contributed by atoms with Gasteiger partial charge in [0.1, 0.15) is 17.2 Å². The number of benzene rings is 2. The number of nitrogens with two attached hydrogens (primary N) is 1. The summed E-state index contributed by atoms with van der Waals surface area (Å²) in [5.74, 6) is -1.03. The summed E-state index contributed by atoms with van der Waals surface area (Å²) < 4.78 is 22.8. The van der Waals surface area contributed by atoms with Crippen molar-refractivity contribution in [1.29, 1.82) is 10.5 Å². The summed E-state index contributed by atoms with van der Waals surface area (Å²) in [7, 11) is -3.91. The summed E-state index contributed by atoms with van der Waals surface area (Å²) in [6.45, 7) is 0. The van der Waals surface area contributed by atoms with Crippen molar-refractivity contribution in [2.45, 2.75) is 16.6 Å². The van der Waals surface area contributed by atoms with E-state index in [2.05, 4.69) is 5.32 Å². The van der Waals surface area contributed by atoms with Gasteiger partial charge in [-0.1, -0.05) is 30.0 Å². The van der Waals surface area contributed by atoms with Crippen molar-refractivity contribution >= 4 is 45.0 Å². The third-order valence-electron chi connectivity index (χ3n) is 4.27. The van der Waals surface area contributed by atoms with Crippen LogP contribution in [0.2, 0.25) is 0 Å². The van der Waals surface area contributed by atoms with Gasteiger partial charge in [0.25, 0.3) is 0 Å². The van der Waals surface area contributed by atoms with Gasteiger partial charge in [-0.05, 0) is 36.4 Å². The Bertz CT molecular complexity index is 1230. The van der Waals surface area contributed by atoms with Gasteiger partial charge < -0.3 is 5.32 Å². The van der Waals surface area contributed by atoms with Gasteiger partial charge in [-0.15, -0.1) is 0 Å². The van der Waals surface area contributed by atoms with E-state index < -0.39 is 27.1 Å². The molecule has 0 radical (unpaired) electrons. The Kier molecular flexibility index (Phi) is 6.42. The fourth-order valence-corrected chi connectivity index (χ4v) is 4.44. The molecule has 0 saturated carbocycles. The number of amides is 2. The normalized spacial score (nSPS) is 15.8. The van der Waals surface area contributed by atoms with E-state index in [0.717, 1.165) is 16.7 Å². The number of imide groups is 1. The molecule has 1 aliphatic heterocycles. The second-order valence-corrected chi connectivity index (χ2v) is 9.11.